The van der Waals surface area contributed by atoms with Gasteiger partial charge in [-0.2, -0.15) is 5.10 Å². The Morgan fingerprint density at radius 1 is 1.31 bits per heavy atom. The molecule has 4 heteroatoms. The number of rotatable bonds is 5. The van der Waals surface area contributed by atoms with Gasteiger partial charge < -0.3 is 5.32 Å². The molecule has 2 N–H and O–H groups in total. The van der Waals surface area contributed by atoms with Gasteiger partial charge in [0.25, 0.3) is 0 Å². The second kappa shape index (κ2) is 5.99. The van der Waals surface area contributed by atoms with Crippen molar-refractivity contribution in [2.75, 3.05) is 6.54 Å². The van der Waals surface area contributed by atoms with Gasteiger partial charge in [0, 0.05) is 18.9 Å². The summed E-state index contributed by atoms with van der Waals surface area (Å²) in [7, 11) is 0. The SMILES string of the molecule is CCCc1nc(CCC2CCCCN2)n[nH]1. The van der Waals surface area contributed by atoms with E-state index in [1.807, 2.05) is 0 Å². The molecule has 1 aromatic rings. The molecule has 1 aliphatic rings. The Balaban J connectivity index is 1.75. The van der Waals surface area contributed by atoms with E-state index in [2.05, 4.69) is 27.4 Å². The van der Waals surface area contributed by atoms with Gasteiger partial charge >= 0.3 is 0 Å². The van der Waals surface area contributed by atoms with Crippen LogP contribution in [0.4, 0.5) is 0 Å². The molecule has 0 spiro atoms. The molecular formula is C12H22N4. The molecule has 1 aromatic heterocycles. The maximum Gasteiger partial charge on any atom is 0.150 e. The van der Waals surface area contributed by atoms with Crippen LogP contribution in [-0.2, 0) is 12.8 Å². The number of piperidine rings is 1. The van der Waals surface area contributed by atoms with Gasteiger partial charge in [0.15, 0.2) is 5.82 Å². The van der Waals surface area contributed by atoms with Crippen molar-refractivity contribution in [1.29, 1.82) is 0 Å². The molecule has 1 unspecified atom stereocenters. The molecule has 1 atom stereocenters. The molecule has 2 heterocycles. The van der Waals surface area contributed by atoms with Crippen LogP contribution in [0.1, 0.15) is 50.7 Å². The first-order valence-corrected chi connectivity index (χ1v) is 6.52. The minimum atomic E-state index is 0.682. The lowest BCUT2D eigenvalue weighted by Crippen LogP contribution is -2.34. The lowest BCUT2D eigenvalue weighted by molar-refractivity contribution is 0.381. The Morgan fingerprint density at radius 3 is 3.00 bits per heavy atom. The van der Waals surface area contributed by atoms with E-state index in [0.717, 1.165) is 30.9 Å². The van der Waals surface area contributed by atoms with E-state index in [1.165, 1.54) is 32.2 Å². The molecule has 0 saturated carbocycles. The molecule has 90 valence electrons. The smallest absolute Gasteiger partial charge is 0.150 e. The van der Waals surface area contributed by atoms with Crippen LogP contribution < -0.4 is 5.32 Å². The zero-order chi connectivity index (χ0) is 11.2. The van der Waals surface area contributed by atoms with E-state index >= 15 is 0 Å². The third-order valence-corrected chi connectivity index (χ3v) is 3.19. The van der Waals surface area contributed by atoms with Crippen LogP contribution in [0.15, 0.2) is 0 Å². The minimum Gasteiger partial charge on any atom is -0.314 e. The van der Waals surface area contributed by atoms with Crippen molar-refractivity contribution >= 4 is 0 Å². The highest BCUT2D eigenvalue weighted by Gasteiger charge is 2.13. The molecule has 4 nitrogen and oxygen atoms in total. The van der Waals surface area contributed by atoms with Gasteiger partial charge in [-0.25, -0.2) is 4.98 Å². The molecule has 1 aliphatic heterocycles. The lowest BCUT2D eigenvalue weighted by atomic mass is 10.0. The third-order valence-electron chi connectivity index (χ3n) is 3.19. The van der Waals surface area contributed by atoms with Crippen LogP contribution >= 0.6 is 0 Å². The van der Waals surface area contributed by atoms with E-state index in [4.69, 9.17) is 0 Å². The van der Waals surface area contributed by atoms with Gasteiger partial charge in [0.2, 0.25) is 0 Å². The first kappa shape index (κ1) is 11.6. The molecule has 0 amide bonds. The standard InChI is InChI=1S/C12H22N4/c1-2-5-11-14-12(16-15-11)8-7-10-6-3-4-9-13-10/h10,13H,2-9H2,1H3,(H,14,15,16). The average Bonchev–Trinajstić information content (AvgIpc) is 2.76. The van der Waals surface area contributed by atoms with Gasteiger partial charge in [-0.3, -0.25) is 5.10 Å². The van der Waals surface area contributed by atoms with E-state index in [9.17, 15) is 0 Å². The number of nitrogens with zero attached hydrogens (tertiary/aromatic N) is 2. The predicted octanol–water partition coefficient (Wildman–Crippen LogP) is 1.83. The molecule has 1 saturated heterocycles. The number of aromatic amines is 1. The summed E-state index contributed by atoms with van der Waals surface area (Å²) in [6.07, 6.45) is 8.31. The molecule has 2 rings (SSSR count). The van der Waals surface area contributed by atoms with E-state index in [-0.39, 0.29) is 0 Å². The zero-order valence-electron chi connectivity index (χ0n) is 10.1. The summed E-state index contributed by atoms with van der Waals surface area (Å²) in [5.41, 5.74) is 0. The number of aromatic nitrogens is 3. The van der Waals surface area contributed by atoms with Crippen LogP contribution in [-0.4, -0.2) is 27.8 Å². The quantitative estimate of drug-likeness (QED) is 0.799. The van der Waals surface area contributed by atoms with Crippen LogP contribution in [0.25, 0.3) is 0 Å². The predicted molar refractivity (Wildman–Crippen MR) is 64.3 cm³/mol. The first-order chi connectivity index (χ1) is 7.88. The summed E-state index contributed by atoms with van der Waals surface area (Å²) in [4.78, 5) is 4.49. The van der Waals surface area contributed by atoms with Crippen LogP contribution in [0.3, 0.4) is 0 Å². The number of nitrogens with one attached hydrogen (secondary N) is 2. The Hall–Kier alpha value is -0.900. The fourth-order valence-corrected chi connectivity index (χ4v) is 2.27. The second-order valence-corrected chi connectivity index (χ2v) is 4.63. The molecule has 1 fully saturated rings. The van der Waals surface area contributed by atoms with Gasteiger partial charge in [0.1, 0.15) is 5.82 Å². The highest BCUT2D eigenvalue weighted by atomic mass is 15.2. The van der Waals surface area contributed by atoms with Gasteiger partial charge in [-0.1, -0.05) is 13.3 Å². The largest absolute Gasteiger partial charge is 0.314 e. The Bertz CT molecular complexity index is 302. The van der Waals surface area contributed by atoms with Crippen molar-refractivity contribution in [2.45, 2.75) is 57.9 Å². The van der Waals surface area contributed by atoms with E-state index in [0.29, 0.717) is 6.04 Å². The van der Waals surface area contributed by atoms with Crippen LogP contribution in [0.5, 0.6) is 0 Å². The number of aryl methyl sites for hydroxylation is 2. The monoisotopic (exact) mass is 222 g/mol. The summed E-state index contributed by atoms with van der Waals surface area (Å²) in [6.45, 7) is 3.34. The summed E-state index contributed by atoms with van der Waals surface area (Å²) in [6, 6.07) is 0.682. The molecule has 0 aromatic carbocycles. The van der Waals surface area contributed by atoms with Crippen molar-refractivity contribution in [3.63, 3.8) is 0 Å². The van der Waals surface area contributed by atoms with Gasteiger partial charge in [-0.05, 0) is 32.2 Å². The van der Waals surface area contributed by atoms with Crippen molar-refractivity contribution in [2.24, 2.45) is 0 Å². The Kier molecular flexibility index (Phi) is 4.34. The summed E-state index contributed by atoms with van der Waals surface area (Å²) in [5.74, 6) is 2.02. The van der Waals surface area contributed by atoms with Crippen molar-refractivity contribution in [1.82, 2.24) is 20.5 Å². The fraction of sp³-hybridized carbons (Fsp3) is 0.833. The average molecular weight is 222 g/mol. The van der Waals surface area contributed by atoms with Gasteiger partial charge in [-0.15, -0.1) is 0 Å². The fourth-order valence-electron chi connectivity index (χ4n) is 2.27. The normalized spacial score (nSPS) is 21.2. The maximum absolute atomic E-state index is 4.49. The lowest BCUT2D eigenvalue weighted by Gasteiger charge is -2.22. The van der Waals surface area contributed by atoms with Gasteiger partial charge in [0.05, 0.1) is 0 Å². The summed E-state index contributed by atoms with van der Waals surface area (Å²) >= 11 is 0. The Labute approximate surface area is 97.2 Å². The topological polar surface area (TPSA) is 53.6 Å². The summed E-state index contributed by atoms with van der Waals surface area (Å²) in [5, 5.41) is 10.8. The molecular weight excluding hydrogens is 200 g/mol. The first-order valence-electron chi connectivity index (χ1n) is 6.52. The number of hydrogen-bond donors (Lipinski definition) is 2. The molecule has 16 heavy (non-hydrogen) atoms. The second-order valence-electron chi connectivity index (χ2n) is 4.63. The minimum absolute atomic E-state index is 0.682. The van der Waals surface area contributed by atoms with Crippen molar-refractivity contribution in [3.05, 3.63) is 11.6 Å². The number of H-pyrrole nitrogens is 1. The van der Waals surface area contributed by atoms with E-state index in [1.54, 1.807) is 0 Å². The van der Waals surface area contributed by atoms with E-state index < -0.39 is 0 Å². The molecule has 0 aliphatic carbocycles. The summed E-state index contributed by atoms with van der Waals surface area (Å²) < 4.78 is 0. The zero-order valence-corrected chi connectivity index (χ0v) is 10.1. The van der Waals surface area contributed by atoms with Crippen LogP contribution in [0.2, 0.25) is 0 Å². The maximum atomic E-state index is 4.49. The number of hydrogen-bond acceptors (Lipinski definition) is 3. The van der Waals surface area contributed by atoms with Crippen LogP contribution in [0, 0.1) is 0 Å². The third kappa shape index (κ3) is 3.30. The van der Waals surface area contributed by atoms with Crippen molar-refractivity contribution < 1.29 is 0 Å². The molecule has 0 bridgehead atoms. The molecule has 0 radical (unpaired) electrons. The highest BCUT2D eigenvalue weighted by Crippen LogP contribution is 2.12. The van der Waals surface area contributed by atoms with Crippen molar-refractivity contribution in [3.8, 4) is 0 Å². The highest BCUT2D eigenvalue weighted by molar-refractivity contribution is 4.91. The Morgan fingerprint density at radius 2 is 2.25 bits per heavy atom.